The summed E-state index contributed by atoms with van der Waals surface area (Å²) in [5, 5.41) is 0. The van der Waals surface area contributed by atoms with Gasteiger partial charge < -0.3 is 20.1 Å². The van der Waals surface area contributed by atoms with Gasteiger partial charge in [-0.25, -0.2) is 4.57 Å². The molecule has 0 bridgehead atoms. The van der Waals surface area contributed by atoms with Gasteiger partial charge in [0.1, 0.15) is 6.61 Å². The van der Waals surface area contributed by atoms with Gasteiger partial charge in [0.2, 0.25) is 0 Å². The molecule has 0 amide bonds. The van der Waals surface area contributed by atoms with E-state index < -0.39 is 32.5 Å². The quantitative estimate of drug-likeness (QED) is 0.0354. The van der Waals surface area contributed by atoms with Gasteiger partial charge in [-0.05, 0) is 6.42 Å². The second-order valence-electron chi connectivity index (χ2n) is 15.0. The Morgan fingerprint density at radius 1 is 0.538 bits per heavy atom. The number of carbonyl (C=O) groups is 2. The first-order chi connectivity index (χ1) is 25.3. The number of unbranched alkanes of at least 4 members (excludes halogenated alkanes) is 31. The molecule has 0 aliphatic heterocycles. The van der Waals surface area contributed by atoms with E-state index in [2.05, 4.69) is 11.4 Å². The molecule has 310 valence electrons. The van der Waals surface area contributed by atoms with Gasteiger partial charge in [-0.3, -0.25) is 18.6 Å². The zero-order valence-electron chi connectivity index (χ0n) is 34.1. The molecule has 0 saturated heterocycles. The van der Waals surface area contributed by atoms with Crippen molar-refractivity contribution in [1.29, 1.82) is 0 Å². The molecule has 0 fully saturated rings. The van der Waals surface area contributed by atoms with E-state index in [4.69, 9.17) is 19.7 Å². The Bertz CT molecular complexity index is 830. The third-order valence-corrected chi connectivity index (χ3v) is 10.8. The molecule has 0 radical (unpaired) electrons. The molecular formula is C42H84NO8P. The van der Waals surface area contributed by atoms with E-state index in [0.717, 1.165) is 19.3 Å². The highest BCUT2D eigenvalue weighted by molar-refractivity contribution is 7.47. The van der Waals surface area contributed by atoms with Crippen molar-refractivity contribution in [1.82, 2.24) is 0 Å². The topological polar surface area (TPSA) is 134 Å². The van der Waals surface area contributed by atoms with E-state index in [0.29, 0.717) is 0 Å². The predicted molar refractivity (Wildman–Crippen MR) is 215 cm³/mol. The average molecular weight is 762 g/mol. The highest BCUT2D eigenvalue weighted by Crippen LogP contribution is 2.43. The van der Waals surface area contributed by atoms with Gasteiger partial charge in [-0.2, -0.15) is 0 Å². The minimum atomic E-state index is -4.32. The van der Waals surface area contributed by atoms with E-state index in [1.807, 2.05) is 0 Å². The van der Waals surface area contributed by atoms with Gasteiger partial charge in [0.25, 0.3) is 0 Å². The van der Waals surface area contributed by atoms with Crippen LogP contribution in [0.4, 0.5) is 0 Å². The summed E-state index contributed by atoms with van der Waals surface area (Å²) in [4.78, 5) is 33.0. The van der Waals surface area contributed by atoms with E-state index in [1.54, 1.807) is 0 Å². The number of ether oxygens (including phenoxy) is 2. The third-order valence-electron chi connectivity index (χ3n) is 9.79. The van der Waals surface area contributed by atoms with Gasteiger partial charge in [0.05, 0.1) is 13.2 Å². The Morgan fingerprint density at radius 3 is 1.17 bits per heavy atom. The third kappa shape index (κ3) is 40.2. The number of rotatable bonds is 42. The number of nitrogens with two attached hydrogens (primary N) is 1. The number of esters is 2. The lowest BCUT2D eigenvalue weighted by molar-refractivity contribution is -0.159. The monoisotopic (exact) mass is 762 g/mol. The molecule has 3 N–H and O–H groups in total. The Hall–Kier alpha value is -0.990. The standard InChI is InChI=1S/C42H84NO8P/c1-3-4-5-6-7-8-9-10-11-12-13-14-15-16-17-18-19-20-21-22-23-24-25-26-27-28-29-30-31-32-33-34-35-42(45)48-38-41(51-40(2)44)39-50-52(46,47)49-37-36-43/h41H,3-39,43H2,1-2H3,(H,46,47)/t41-/m1/s1. The van der Waals surface area contributed by atoms with Crippen LogP contribution in [0.3, 0.4) is 0 Å². The van der Waals surface area contributed by atoms with Crippen LogP contribution < -0.4 is 5.73 Å². The molecule has 0 rings (SSSR count). The van der Waals surface area contributed by atoms with E-state index in [1.165, 1.54) is 193 Å². The summed E-state index contributed by atoms with van der Waals surface area (Å²) in [6.45, 7) is 2.70. The van der Waals surface area contributed by atoms with Gasteiger partial charge in [0, 0.05) is 19.9 Å². The molecule has 52 heavy (non-hydrogen) atoms. The van der Waals surface area contributed by atoms with E-state index >= 15 is 0 Å². The van der Waals surface area contributed by atoms with Gasteiger partial charge in [0.15, 0.2) is 6.10 Å². The minimum Gasteiger partial charge on any atom is -0.462 e. The van der Waals surface area contributed by atoms with Crippen LogP contribution in [0.15, 0.2) is 0 Å². The lowest BCUT2D eigenvalue weighted by Crippen LogP contribution is -2.28. The predicted octanol–water partition coefficient (Wildman–Crippen LogP) is 12.4. The van der Waals surface area contributed by atoms with Crippen LogP contribution in [0.25, 0.3) is 0 Å². The SMILES string of the molecule is CCCCCCCCCCCCCCCCCCCCCCCCCCCCCCCCCCC(=O)OC[C@H](COP(=O)(O)OCCN)OC(C)=O. The van der Waals surface area contributed by atoms with Crippen molar-refractivity contribution < 1.29 is 37.6 Å². The summed E-state index contributed by atoms with van der Waals surface area (Å²) in [7, 11) is -4.32. The number of phosphoric ester groups is 1. The second-order valence-corrected chi connectivity index (χ2v) is 16.5. The molecule has 0 spiro atoms. The molecule has 0 aromatic rings. The van der Waals surface area contributed by atoms with Crippen LogP contribution in [0, 0.1) is 0 Å². The molecule has 9 nitrogen and oxygen atoms in total. The summed E-state index contributed by atoms with van der Waals surface area (Å²) in [5.74, 6) is -1.01. The Balaban J connectivity index is 3.39. The molecule has 0 aliphatic rings. The van der Waals surface area contributed by atoms with Crippen LogP contribution in [-0.2, 0) is 32.7 Å². The van der Waals surface area contributed by atoms with Gasteiger partial charge in [-0.1, -0.05) is 206 Å². The molecule has 0 aromatic carbocycles. The molecule has 1 unspecified atom stereocenters. The van der Waals surface area contributed by atoms with Gasteiger partial charge in [-0.15, -0.1) is 0 Å². The minimum absolute atomic E-state index is 0.0542. The zero-order chi connectivity index (χ0) is 38.2. The average Bonchev–Trinajstić information content (AvgIpc) is 3.12. The first-order valence-electron chi connectivity index (χ1n) is 22.0. The van der Waals surface area contributed by atoms with Crippen molar-refractivity contribution in [3.63, 3.8) is 0 Å². The first-order valence-corrected chi connectivity index (χ1v) is 23.4. The fourth-order valence-electron chi connectivity index (χ4n) is 6.64. The summed E-state index contributed by atoms with van der Waals surface area (Å²) < 4.78 is 31.4. The Kier molecular flexibility index (Phi) is 38.9. The van der Waals surface area contributed by atoms with Crippen LogP contribution in [0.1, 0.15) is 226 Å². The summed E-state index contributed by atoms with van der Waals surface area (Å²) in [6, 6.07) is 0. The van der Waals surface area contributed by atoms with Crippen LogP contribution in [0.5, 0.6) is 0 Å². The molecule has 0 aliphatic carbocycles. The molecule has 0 aromatic heterocycles. The van der Waals surface area contributed by atoms with E-state index in [-0.39, 0.29) is 26.2 Å². The van der Waals surface area contributed by atoms with Crippen LogP contribution >= 0.6 is 7.82 Å². The number of hydrogen-bond donors (Lipinski definition) is 2. The molecule has 10 heteroatoms. The normalized spacial score (nSPS) is 13.2. The van der Waals surface area contributed by atoms with Crippen molar-refractivity contribution in [3.05, 3.63) is 0 Å². The number of carbonyl (C=O) groups excluding carboxylic acids is 2. The number of hydrogen-bond acceptors (Lipinski definition) is 8. The lowest BCUT2D eigenvalue weighted by Gasteiger charge is -2.19. The second kappa shape index (κ2) is 39.7. The van der Waals surface area contributed by atoms with E-state index in [9.17, 15) is 19.0 Å². The molecular weight excluding hydrogens is 677 g/mol. The van der Waals surface area contributed by atoms with Crippen molar-refractivity contribution in [3.8, 4) is 0 Å². The maximum absolute atomic E-state index is 12.1. The maximum atomic E-state index is 12.1. The summed E-state index contributed by atoms with van der Waals surface area (Å²) in [6.07, 6.45) is 42.9. The van der Waals surface area contributed by atoms with Crippen molar-refractivity contribution in [2.45, 2.75) is 232 Å². The molecule has 0 saturated carbocycles. The molecule has 2 atom stereocenters. The first kappa shape index (κ1) is 51.0. The van der Waals surface area contributed by atoms with Crippen molar-refractivity contribution in [2.24, 2.45) is 5.73 Å². The summed E-state index contributed by atoms with van der Waals surface area (Å²) in [5.41, 5.74) is 5.25. The smallest absolute Gasteiger partial charge is 0.462 e. The highest BCUT2D eigenvalue weighted by atomic mass is 31.2. The largest absolute Gasteiger partial charge is 0.472 e. The van der Waals surface area contributed by atoms with Crippen molar-refractivity contribution in [2.75, 3.05) is 26.4 Å². The van der Waals surface area contributed by atoms with Gasteiger partial charge >= 0.3 is 19.8 Å². The zero-order valence-corrected chi connectivity index (χ0v) is 35.0. The fourth-order valence-corrected chi connectivity index (χ4v) is 7.40. The maximum Gasteiger partial charge on any atom is 0.472 e. The van der Waals surface area contributed by atoms with Crippen LogP contribution in [0.2, 0.25) is 0 Å². The Morgan fingerprint density at radius 2 is 0.865 bits per heavy atom. The summed E-state index contributed by atoms with van der Waals surface area (Å²) >= 11 is 0. The Labute approximate surface area is 320 Å². The fraction of sp³-hybridized carbons (Fsp3) is 0.952. The highest BCUT2D eigenvalue weighted by Gasteiger charge is 2.25. The number of phosphoric acid groups is 1. The van der Waals surface area contributed by atoms with Crippen molar-refractivity contribution >= 4 is 19.8 Å². The van der Waals surface area contributed by atoms with Crippen LogP contribution in [-0.4, -0.2) is 49.3 Å². The lowest BCUT2D eigenvalue weighted by atomic mass is 10.0. The molecule has 0 heterocycles.